The summed E-state index contributed by atoms with van der Waals surface area (Å²) in [6, 6.07) is 15.2. The molecule has 0 saturated carbocycles. The molecule has 8 heteroatoms. The SMILES string of the molecule is CC[N+](C)(C)CCCN1C(=O)c2ccc3c4ccc5c6c(ccc(c7ccc(c2c37)C1=O)c64)C(=O)N(CCC[N+](C)(C)CC)C5=O. The zero-order chi connectivity index (χ0) is 32.7. The molecular weight excluding hydrogens is 576 g/mol. The van der Waals surface area contributed by atoms with E-state index < -0.39 is 0 Å². The number of amides is 4. The molecule has 0 aliphatic carbocycles. The predicted molar refractivity (Wildman–Crippen MR) is 183 cm³/mol. The van der Waals surface area contributed by atoms with E-state index in [1.54, 1.807) is 0 Å². The number of benzene rings is 5. The third kappa shape index (κ3) is 4.42. The second kappa shape index (κ2) is 10.6. The fourth-order valence-electron chi connectivity index (χ4n) is 7.40. The Hall–Kier alpha value is -4.40. The Morgan fingerprint density at radius 3 is 1.00 bits per heavy atom. The lowest BCUT2D eigenvalue weighted by atomic mass is 9.82. The summed E-state index contributed by atoms with van der Waals surface area (Å²) in [4.78, 5) is 58.0. The van der Waals surface area contributed by atoms with Gasteiger partial charge in [0.1, 0.15) is 0 Å². The van der Waals surface area contributed by atoms with Gasteiger partial charge in [-0.05, 0) is 70.4 Å². The van der Waals surface area contributed by atoms with Gasteiger partial charge in [0.25, 0.3) is 23.6 Å². The second-order valence-electron chi connectivity index (χ2n) is 14.3. The van der Waals surface area contributed by atoms with Crippen LogP contribution in [-0.2, 0) is 0 Å². The lowest BCUT2D eigenvalue weighted by molar-refractivity contribution is -0.888. The summed E-state index contributed by atoms with van der Waals surface area (Å²) in [5.74, 6) is -1.01. The summed E-state index contributed by atoms with van der Waals surface area (Å²) < 4.78 is 1.66. The average Bonchev–Trinajstić information content (AvgIpc) is 3.04. The molecule has 236 valence electrons. The van der Waals surface area contributed by atoms with E-state index in [0.717, 1.165) is 80.3 Å². The normalized spacial score (nSPS) is 15.5. The molecule has 8 nitrogen and oxygen atoms in total. The van der Waals surface area contributed by atoms with Crippen LogP contribution in [0.25, 0.3) is 43.1 Å². The average molecular weight is 619 g/mol. The Morgan fingerprint density at radius 2 is 0.739 bits per heavy atom. The van der Waals surface area contributed by atoms with Crippen molar-refractivity contribution in [3.8, 4) is 0 Å². The van der Waals surface area contributed by atoms with Crippen LogP contribution < -0.4 is 0 Å². The third-order valence-electron chi connectivity index (χ3n) is 10.8. The predicted octanol–water partition coefficient (Wildman–Crippen LogP) is 5.90. The van der Waals surface area contributed by atoms with Crippen LogP contribution >= 0.6 is 0 Å². The summed E-state index contributed by atoms with van der Waals surface area (Å²) in [6.45, 7) is 8.74. The minimum atomic E-state index is -0.253. The number of carbonyl (C=O) groups is 4. The highest BCUT2D eigenvalue weighted by atomic mass is 16.2. The molecule has 0 bridgehead atoms. The number of carbonyl (C=O) groups excluding carboxylic acids is 4. The lowest BCUT2D eigenvalue weighted by Gasteiger charge is -2.32. The van der Waals surface area contributed by atoms with E-state index in [0.29, 0.717) is 46.1 Å². The molecule has 0 N–H and O–H groups in total. The van der Waals surface area contributed by atoms with E-state index in [9.17, 15) is 19.2 Å². The van der Waals surface area contributed by atoms with Crippen LogP contribution in [0.2, 0.25) is 0 Å². The van der Waals surface area contributed by atoms with Crippen LogP contribution in [-0.4, -0.2) is 110 Å². The van der Waals surface area contributed by atoms with Crippen molar-refractivity contribution in [2.24, 2.45) is 0 Å². The highest BCUT2D eigenvalue weighted by molar-refractivity contribution is 6.41. The first-order valence-electron chi connectivity index (χ1n) is 16.5. The molecule has 0 spiro atoms. The second-order valence-corrected chi connectivity index (χ2v) is 14.3. The molecular formula is C38H42N4O4+2. The van der Waals surface area contributed by atoms with Gasteiger partial charge in [0.15, 0.2) is 0 Å². The fraction of sp³-hybridized carbons (Fsp3) is 0.368. The van der Waals surface area contributed by atoms with Gasteiger partial charge in [-0.1, -0.05) is 24.3 Å². The van der Waals surface area contributed by atoms with Gasteiger partial charge in [-0.15, -0.1) is 0 Å². The van der Waals surface area contributed by atoms with Crippen LogP contribution in [0.4, 0.5) is 0 Å². The van der Waals surface area contributed by atoms with E-state index in [2.05, 4.69) is 42.0 Å². The van der Waals surface area contributed by atoms with Crippen LogP contribution in [0.3, 0.4) is 0 Å². The molecule has 2 heterocycles. The number of fused-ring (bicyclic) bond motifs is 2. The Bertz CT molecular complexity index is 1860. The maximum absolute atomic E-state index is 13.8. The van der Waals surface area contributed by atoms with Crippen molar-refractivity contribution in [3.05, 3.63) is 70.8 Å². The minimum absolute atomic E-state index is 0.253. The summed E-state index contributed by atoms with van der Waals surface area (Å²) in [5, 5.41) is 6.77. The Balaban J connectivity index is 1.34. The molecule has 0 fully saturated rings. The lowest BCUT2D eigenvalue weighted by Crippen LogP contribution is -2.44. The minimum Gasteiger partial charge on any atom is -0.329 e. The summed E-state index contributed by atoms with van der Waals surface area (Å²) in [6.07, 6.45) is 1.47. The van der Waals surface area contributed by atoms with Crippen LogP contribution in [0.15, 0.2) is 48.5 Å². The van der Waals surface area contributed by atoms with Gasteiger partial charge >= 0.3 is 0 Å². The van der Waals surface area contributed by atoms with E-state index in [-0.39, 0.29) is 23.6 Å². The maximum atomic E-state index is 13.8. The smallest absolute Gasteiger partial charge is 0.261 e. The monoisotopic (exact) mass is 618 g/mol. The topological polar surface area (TPSA) is 74.8 Å². The fourth-order valence-corrected chi connectivity index (χ4v) is 7.40. The molecule has 0 aromatic heterocycles. The van der Waals surface area contributed by atoms with E-state index in [1.165, 1.54) is 9.80 Å². The first-order valence-corrected chi connectivity index (χ1v) is 16.5. The van der Waals surface area contributed by atoms with Crippen LogP contribution in [0.5, 0.6) is 0 Å². The van der Waals surface area contributed by atoms with Crippen molar-refractivity contribution in [2.75, 3.05) is 67.5 Å². The molecule has 4 amide bonds. The zero-order valence-electron chi connectivity index (χ0n) is 27.7. The molecule has 5 aromatic rings. The number of hydrogen-bond donors (Lipinski definition) is 0. The summed E-state index contributed by atoms with van der Waals surface area (Å²) in [7, 11) is 8.61. The van der Waals surface area contributed by atoms with Gasteiger partial charge in [0.05, 0.1) is 54.4 Å². The number of rotatable bonds is 10. The molecule has 7 rings (SSSR count). The van der Waals surface area contributed by atoms with Gasteiger partial charge < -0.3 is 8.97 Å². The third-order valence-corrected chi connectivity index (χ3v) is 10.8. The Kier molecular flexibility index (Phi) is 6.96. The quantitative estimate of drug-likeness (QED) is 0.0846. The van der Waals surface area contributed by atoms with Gasteiger partial charge in [-0.25, -0.2) is 0 Å². The van der Waals surface area contributed by atoms with Crippen LogP contribution in [0, 0.1) is 0 Å². The number of quaternary nitrogens is 2. The zero-order valence-corrected chi connectivity index (χ0v) is 27.7. The summed E-state index contributed by atoms with van der Waals surface area (Å²) in [5.41, 5.74) is 2.16. The van der Waals surface area contributed by atoms with Gasteiger partial charge in [0.2, 0.25) is 0 Å². The number of imide groups is 2. The van der Waals surface area contributed by atoms with Crippen molar-refractivity contribution >= 4 is 66.7 Å². The largest absolute Gasteiger partial charge is 0.329 e. The standard InChI is InChI=1S/C38H42N4O4/c1-7-41(3,4)21-9-19-39-35(43)27-15-11-23-25-13-17-29-34-30(38(46)40(37(29)45)20-10-22-42(5,6)8-2)18-14-26(32(25)34)24-12-16-28(36(39)44)33(27)31(23)24/h11-18H,7-10,19-22H2,1-6H3/q+2. The van der Waals surface area contributed by atoms with Crippen molar-refractivity contribution < 1.29 is 28.1 Å². The first kappa shape index (κ1) is 30.3. The van der Waals surface area contributed by atoms with E-state index in [1.807, 2.05) is 48.5 Å². The molecule has 0 unspecified atom stereocenters. The van der Waals surface area contributed by atoms with E-state index >= 15 is 0 Å². The first-order chi connectivity index (χ1) is 21.9. The Morgan fingerprint density at radius 1 is 0.457 bits per heavy atom. The number of hydrogen-bond acceptors (Lipinski definition) is 4. The number of nitrogens with zero attached hydrogens (tertiary/aromatic N) is 4. The van der Waals surface area contributed by atoms with Crippen molar-refractivity contribution in [1.29, 1.82) is 0 Å². The highest BCUT2D eigenvalue weighted by Gasteiger charge is 2.37. The van der Waals surface area contributed by atoms with E-state index in [4.69, 9.17) is 0 Å². The Labute approximate surface area is 269 Å². The van der Waals surface area contributed by atoms with Crippen molar-refractivity contribution in [1.82, 2.24) is 9.80 Å². The molecule has 0 atom stereocenters. The molecule has 46 heavy (non-hydrogen) atoms. The molecule has 5 aromatic carbocycles. The highest BCUT2D eigenvalue weighted by Crippen LogP contribution is 2.46. The van der Waals surface area contributed by atoms with Crippen LogP contribution in [0.1, 0.15) is 68.1 Å². The maximum Gasteiger partial charge on any atom is 0.261 e. The van der Waals surface area contributed by atoms with Gasteiger partial charge in [-0.2, -0.15) is 0 Å². The summed E-state index contributed by atoms with van der Waals surface area (Å²) >= 11 is 0. The van der Waals surface area contributed by atoms with Crippen molar-refractivity contribution in [2.45, 2.75) is 26.7 Å². The van der Waals surface area contributed by atoms with Gasteiger partial charge in [-0.3, -0.25) is 29.0 Å². The molecule has 0 saturated heterocycles. The molecule has 2 aliphatic rings. The van der Waals surface area contributed by atoms with Gasteiger partial charge in [0, 0.05) is 59.0 Å². The molecule has 0 radical (unpaired) electrons. The van der Waals surface area contributed by atoms with Crippen molar-refractivity contribution in [3.63, 3.8) is 0 Å². The molecule has 2 aliphatic heterocycles.